The van der Waals surface area contributed by atoms with Crippen molar-refractivity contribution in [1.29, 1.82) is 0 Å². The summed E-state index contributed by atoms with van der Waals surface area (Å²) >= 11 is 1.94. The molecule has 1 aromatic heterocycles. The van der Waals surface area contributed by atoms with E-state index in [-0.39, 0.29) is 5.66 Å². The molecule has 1 saturated heterocycles. The van der Waals surface area contributed by atoms with Gasteiger partial charge in [0.15, 0.2) is 5.82 Å². The zero-order valence-electron chi connectivity index (χ0n) is 9.13. The minimum atomic E-state index is -0.127. The van der Waals surface area contributed by atoms with E-state index in [9.17, 15) is 0 Å². The van der Waals surface area contributed by atoms with Gasteiger partial charge >= 0.3 is 0 Å². The Balaban J connectivity index is 1.98. The number of thioether (sulfide) groups is 1. The highest BCUT2D eigenvalue weighted by Gasteiger charge is 2.43. The third-order valence-electron chi connectivity index (χ3n) is 3.41. The van der Waals surface area contributed by atoms with Crippen molar-refractivity contribution in [2.75, 3.05) is 16.8 Å². The molecule has 86 valence electrons. The van der Waals surface area contributed by atoms with Crippen LogP contribution in [0.5, 0.6) is 0 Å². The summed E-state index contributed by atoms with van der Waals surface area (Å²) in [7, 11) is 0. The van der Waals surface area contributed by atoms with E-state index in [2.05, 4.69) is 33.0 Å². The number of nitrogens with zero attached hydrogens (tertiary/aromatic N) is 4. The average molecular weight is 245 g/mol. The summed E-state index contributed by atoms with van der Waals surface area (Å²) in [5, 5.41) is 15.8. The van der Waals surface area contributed by atoms with Crippen LogP contribution in [0.1, 0.15) is 6.42 Å². The predicted octanol–water partition coefficient (Wildman–Crippen LogP) is 1.56. The Kier molecular flexibility index (Phi) is 1.80. The standard InChI is InChI=1S/C11H11N5S/c1-2-4-9-8(3-1)10-13-14-15-16(10)11(12-9)5-6-17-7-11/h1-4,12H,5-7H2. The topological polar surface area (TPSA) is 55.6 Å². The van der Waals surface area contributed by atoms with Gasteiger partial charge in [0.1, 0.15) is 5.66 Å². The number of tetrazole rings is 1. The fourth-order valence-electron chi connectivity index (χ4n) is 2.55. The second-order valence-corrected chi connectivity index (χ2v) is 5.52. The van der Waals surface area contributed by atoms with Gasteiger partial charge in [0.2, 0.25) is 0 Å². The Bertz CT molecular complexity index is 573. The maximum atomic E-state index is 4.17. The van der Waals surface area contributed by atoms with Gasteiger partial charge in [0, 0.05) is 23.4 Å². The van der Waals surface area contributed by atoms with Crippen LogP contribution < -0.4 is 5.32 Å². The number of para-hydroxylation sites is 1. The van der Waals surface area contributed by atoms with Gasteiger partial charge < -0.3 is 5.32 Å². The van der Waals surface area contributed by atoms with Crippen LogP contribution in [0.2, 0.25) is 0 Å². The molecule has 1 fully saturated rings. The first-order valence-corrected chi connectivity index (χ1v) is 6.79. The lowest BCUT2D eigenvalue weighted by Crippen LogP contribution is -2.45. The van der Waals surface area contributed by atoms with Crippen LogP contribution >= 0.6 is 11.8 Å². The fraction of sp³-hybridized carbons (Fsp3) is 0.364. The van der Waals surface area contributed by atoms with E-state index in [1.54, 1.807) is 0 Å². The number of aromatic nitrogens is 4. The minimum absolute atomic E-state index is 0.127. The summed E-state index contributed by atoms with van der Waals surface area (Å²) in [5.41, 5.74) is 2.09. The Morgan fingerprint density at radius 3 is 3.18 bits per heavy atom. The number of hydrogen-bond acceptors (Lipinski definition) is 5. The molecule has 4 rings (SSSR count). The van der Waals surface area contributed by atoms with Crippen LogP contribution in [0, 0.1) is 0 Å². The average Bonchev–Trinajstić information content (AvgIpc) is 2.99. The lowest BCUT2D eigenvalue weighted by molar-refractivity contribution is 0.335. The van der Waals surface area contributed by atoms with E-state index in [0.717, 1.165) is 35.0 Å². The molecule has 2 aliphatic rings. The summed E-state index contributed by atoms with van der Waals surface area (Å²) < 4.78 is 1.95. The Morgan fingerprint density at radius 1 is 1.35 bits per heavy atom. The zero-order valence-corrected chi connectivity index (χ0v) is 9.94. The maximum Gasteiger partial charge on any atom is 0.186 e. The third-order valence-corrected chi connectivity index (χ3v) is 4.59. The van der Waals surface area contributed by atoms with E-state index in [1.165, 1.54) is 0 Å². The van der Waals surface area contributed by atoms with Gasteiger partial charge in [-0.3, -0.25) is 0 Å². The van der Waals surface area contributed by atoms with E-state index in [0.29, 0.717) is 0 Å². The first-order valence-electron chi connectivity index (χ1n) is 5.63. The molecule has 0 amide bonds. The molecule has 0 saturated carbocycles. The molecule has 0 bridgehead atoms. The first kappa shape index (κ1) is 9.47. The third kappa shape index (κ3) is 1.18. The molecule has 1 spiro atoms. The molecule has 1 aromatic carbocycles. The largest absolute Gasteiger partial charge is 0.360 e. The molecule has 17 heavy (non-hydrogen) atoms. The van der Waals surface area contributed by atoms with Gasteiger partial charge in [-0.05, 0) is 28.3 Å². The van der Waals surface area contributed by atoms with E-state index in [1.807, 2.05) is 28.6 Å². The smallest absolute Gasteiger partial charge is 0.186 e. The van der Waals surface area contributed by atoms with E-state index in [4.69, 9.17) is 0 Å². The van der Waals surface area contributed by atoms with Crippen LogP contribution in [0.3, 0.4) is 0 Å². The molecule has 0 radical (unpaired) electrons. The number of hydrogen-bond donors (Lipinski definition) is 1. The molecule has 1 atom stereocenters. The maximum absolute atomic E-state index is 4.17. The second kappa shape index (κ2) is 3.22. The van der Waals surface area contributed by atoms with Crippen LogP contribution in [0.15, 0.2) is 24.3 Å². The summed E-state index contributed by atoms with van der Waals surface area (Å²) in [6.45, 7) is 0. The molecule has 1 N–H and O–H groups in total. The van der Waals surface area contributed by atoms with Crippen molar-refractivity contribution in [2.45, 2.75) is 12.1 Å². The molecular formula is C11H11N5S. The lowest BCUT2D eigenvalue weighted by Gasteiger charge is -2.35. The second-order valence-electron chi connectivity index (χ2n) is 4.42. The predicted molar refractivity (Wildman–Crippen MR) is 66.8 cm³/mol. The summed E-state index contributed by atoms with van der Waals surface area (Å²) in [4.78, 5) is 0. The van der Waals surface area contributed by atoms with E-state index >= 15 is 0 Å². The quantitative estimate of drug-likeness (QED) is 0.763. The Morgan fingerprint density at radius 2 is 2.29 bits per heavy atom. The fourth-order valence-corrected chi connectivity index (χ4v) is 3.86. The SMILES string of the molecule is c1ccc2c(c1)NC1(CCSC1)n1nnnc1-2. The zero-order chi connectivity index (χ0) is 11.3. The monoisotopic (exact) mass is 245 g/mol. The van der Waals surface area contributed by atoms with Gasteiger partial charge in [0.05, 0.1) is 0 Å². The number of benzene rings is 1. The molecule has 3 heterocycles. The highest BCUT2D eigenvalue weighted by molar-refractivity contribution is 7.99. The van der Waals surface area contributed by atoms with Gasteiger partial charge in [-0.1, -0.05) is 12.1 Å². The van der Waals surface area contributed by atoms with Crippen LogP contribution in [-0.2, 0) is 5.66 Å². The summed E-state index contributed by atoms with van der Waals surface area (Å²) in [5.74, 6) is 3.04. The number of rotatable bonds is 0. The van der Waals surface area contributed by atoms with Crippen molar-refractivity contribution in [1.82, 2.24) is 20.2 Å². The van der Waals surface area contributed by atoms with Crippen LogP contribution in [-0.4, -0.2) is 31.7 Å². The minimum Gasteiger partial charge on any atom is -0.360 e. The van der Waals surface area contributed by atoms with Crippen molar-refractivity contribution in [3.63, 3.8) is 0 Å². The molecule has 2 aromatic rings. The van der Waals surface area contributed by atoms with Crippen molar-refractivity contribution in [3.05, 3.63) is 24.3 Å². The molecule has 5 nitrogen and oxygen atoms in total. The van der Waals surface area contributed by atoms with Crippen molar-refractivity contribution in [2.24, 2.45) is 0 Å². The van der Waals surface area contributed by atoms with Crippen LogP contribution in [0.4, 0.5) is 5.69 Å². The highest BCUT2D eigenvalue weighted by Crippen LogP contribution is 2.43. The van der Waals surface area contributed by atoms with Crippen molar-refractivity contribution in [3.8, 4) is 11.4 Å². The highest BCUT2D eigenvalue weighted by atomic mass is 32.2. The Hall–Kier alpha value is -1.56. The lowest BCUT2D eigenvalue weighted by atomic mass is 10.0. The van der Waals surface area contributed by atoms with Crippen LogP contribution in [0.25, 0.3) is 11.4 Å². The van der Waals surface area contributed by atoms with Crippen molar-refractivity contribution < 1.29 is 0 Å². The molecule has 1 unspecified atom stereocenters. The summed E-state index contributed by atoms with van der Waals surface area (Å²) in [6, 6.07) is 8.21. The Labute approximate surface area is 103 Å². The summed E-state index contributed by atoms with van der Waals surface area (Å²) in [6.07, 6.45) is 1.06. The number of anilines is 1. The molecule has 6 heteroatoms. The van der Waals surface area contributed by atoms with Gasteiger partial charge in [0.25, 0.3) is 0 Å². The van der Waals surface area contributed by atoms with Gasteiger partial charge in [-0.2, -0.15) is 16.4 Å². The number of fused-ring (bicyclic) bond motifs is 4. The first-order chi connectivity index (χ1) is 8.39. The van der Waals surface area contributed by atoms with Gasteiger partial charge in [-0.25, -0.2) is 0 Å². The molecular weight excluding hydrogens is 234 g/mol. The van der Waals surface area contributed by atoms with Crippen molar-refractivity contribution >= 4 is 17.4 Å². The molecule has 0 aliphatic carbocycles. The van der Waals surface area contributed by atoms with E-state index < -0.39 is 0 Å². The number of nitrogens with one attached hydrogen (secondary N) is 1. The van der Waals surface area contributed by atoms with Gasteiger partial charge in [-0.15, -0.1) is 5.10 Å². The molecule has 2 aliphatic heterocycles. The normalized spacial score (nSPS) is 25.4.